The van der Waals surface area contributed by atoms with Crippen molar-refractivity contribution in [2.24, 2.45) is 0 Å². The molecule has 0 heterocycles. The molecule has 0 bridgehead atoms. The molecule has 2 aromatic carbocycles. The van der Waals surface area contributed by atoms with Crippen LogP contribution in [0.3, 0.4) is 0 Å². The second kappa shape index (κ2) is 5.96. The van der Waals surface area contributed by atoms with Crippen molar-refractivity contribution < 1.29 is 24.9 Å². The first-order valence-corrected chi connectivity index (χ1v) is 6.11. The van der Waals surface area contributed by atoms with Crippen molar-refractivity contribution in [1.29, 1.82) is 0 Å². The van der Waals surface area contributed by atoms with Gasteiger partial charge in [-0.1, -0.05) is 30.3 Å². The minimum Gasteiger partial charge on any atom is -0.507 e. The molecule has 108 valence electrons. The summed E-state index contributed by atoms with van der Waals surface area (Å²) >= 11 is 0. The molecule has 6 heteroatoms. The van der Waals surface area contributed by atoms with Gasteiger partial charge in [-0.3, -0.25) is 4.79 Å². The van der Waals surface area contributed by atoms with Crippen LogP contribution in [-0.4, -0.2) is 27.2 Å². The Bertz CT molecular complexity index is 682. The molecule has 0 aliphatic heterocycles. The van der Waals surface area contributed by atoms with Crippen molar-refractivity contribution in [3.05, 3.63) is 59.2 Å². The van der Waals surface area contributed by atoms with Crippen LogP contribution in [0.1, 0.15) is 26.3 Å². The van der Waals surface area contributed by atoms with Crippen molar-refractivity contribution in [3.8, 4) is 11.5 Å². The van der Waals surface area contributed by atoms with E-state index in [9.17, 15) is 19.8 Å². The molecular formula is C15H13NO5. The normalized spacial score (nSPS) is 10.1. The average Bonchev–Trinajstić information content (AvgIpc) is 2.47. The Morgan fingerprint density at radius 3 is 2.05 bits per heavy atom. The molecule has 4 N–H and O–H groups in total. The number of aromatic carboxylic acids is 1. The lowest BCUT2D eigenvalue weighted by atomic mass is 10.0. The van der Waals surface area contributed by atoms with Crippen molar-refractivity contribution in [2.45, 2.75) is 6.54 Å². The number of nitrogens with one attached hydrogen (secondary N) is 1. The molecule has 6 nitrogen and oxygen atoms in total. The van der Waals surface area contributed by atoms with Crippen LogP contribution in [0, 0.1) is 0 Å². The largest absolute Gasteiger partial charge is 0.507 e. The third-order valence-electron chi connectivity index (χ3n) is 2.90. The highest BCUT2D eigenvalue weighted by Crippen LogP contribution is 2.29. The molecule has 21 heavy (non-hydrogen) atoms. The topological polar surface area (TPSA) is 107 Å². The summed E-state index contributed by atoms with van der Waals surface area (Å²) < 4.78 is 0. The summed E-state index contributed by atoms with van der Waals surface area (Å²) in [7, 11) is 0. The molecule has 0 saturated carbocycles. The van der Waals surface area contributed by atoms with E-state index in [4.69, 9.17) is 5.11 Å². The predicted molar refractivity (Wildman–Crippen MR) is 74.3 cm³/mol. The molecule has 0 unspecified atom stereocenters. The monoisotopic (exact) mass is 287 g/mol. The van der Waals surface area contributed by atoms with Crippen LogP contribution in [-0.2, 0) is 6.54 Å². The molecule has 0 radical (unpaired) electrons. The van der Waals surface area contributed by atoms with E-state index in [1.54, 1.807) is 24.3 Å². The molecule has 0 fully saturated rings. The number of amides is 1. The molecule has 0 aromatic heterocycles. The molecule has 0 aliphatic rings. The highest BCUT2D eigenvalue weighted by molar-refractivity contribution is 6.08. The number of carboxylic acids is 1. The number of hydrogen-bond acceptors (Lipinski definition) is 4. The van der Waals surface area contributed by atoms with E-state index in [0.29, 0.717) is 0 Å². The number of carboxylic acid groups (broad SMARTS) is 1. The predicted octanol–water partition coefficient (Wildman–Crippen LogP) is 1.73. The van der Waals surface area contributed by atoms with Crippen LogP contribution < -0.4 is 5.32 Å². The first-order chi connectivity index (χ1) is 10.0. The highest BCUT2D eigenvalue weighted by Gasteiger charge is 2.24. The maximum atomic E-state index is 12.1. The Labute approximate surface area is 120 Å². The number of aromatic hydroxyl groups is 2. The van der Waals surface area contributed by atoms with Crippen LogP contribution in [0.5, 0.6) is 11.5 Å². The van der Waals surface area contributed by atoms with E-state index in [0.717, 1.165) is 17.7 Å². The maximum absolute atomic E-state index is 12.1. The first-order valence-electron chi connectivity index (χ1n) is 6.11. The van der Waals surface area contributed by atoms with Crippen molar-refractivity contribution in [2.75, 3.05) is 0 Å². The van der Waals surface area contributed by atoms with Crippen molar-refractivity contribution >= 4 is 11.9 Å². The third-order valence-corrected chi connectivity index (χ3v) is 2.90. The fourth-order valence-corrected chi connectivity index (χ4v) is 1.89. The van der Waals surface area contributed by atoms with Gasteiger partial charge < -0.3 is 20.6 Å². The number of hydrogen-bond donors (Lipinski definition) is 4. The van der Waals surface area contributed by atoms with Gasteiger partial charge in [0.05, 0.1) is 5.56 Å². The molecule has 0 spiro atoms. The Hall–Kier alpha value is -3.02. The molecule has 0 saturated heterocycles. The minimum atomic E-state index is -1.49. The highest BCUT2D eigenvalue weighted by atomic mass is 16.4. The van der Waals surface area contributed by atoms with Crippen molar-refractivity contribution in [3.63, 3.8) is 0 Å². The van der Waals surface area contributed by atoms with Gasteiger partial charge in [0.25, 0.3) is 5.91 Å². The van der Waals surface area contributed by atoms with Crippen LogP contribution in [0.2, 0.25) is 0 Å². The fraction of sp³-hybridized carbons (Fsp3) is 0.0667. The van der Waals surface area contributed by atoms with E-state index in [2.05, 4.69) is 5.32 Å². The van der Waals surface area contributed by atoms with Gasteiger partial charge in [-0.2, -0.15) is 0 Å². The SMILES string of the molecule is O=C(O)c1c(O)ccc(O)c1C(=O)NCc1ccccc1. The Morgan fingerprint density at radius 2 is 1.48 bits per heavy atom. The van der Waals surface area contributed by atoms with Crippen LogP contribution in [0.4, 0.5) is 0 Å². The van der Waals surface area contributed by atoms with Crippen LogP contribution in [0.15, 0.2) is 42.5 Å². The maximum Gasteiger partial charge on any atom is 0.340 e. The van der Waals surface area contributed by atoms with Gasteiger partial charge >= 0.3 is 5.97 Å². The summed E-state index contributed by atoms with van der Waals surface area (Å²) in [6.07, 6.45) is 0. The third kappa shape index (κ3) is 3.11. The van der Waals surface area contributed by atoms with Crippen LogP contribution >= 0.6 is 0 Å². The van der Waals surface area contributed by atoms with Crippen molar-refractivity contribution in [1.82, 2.24) is 5.32 Å². The zero-order valence-electron chi connectivity index (χ0n) is 10.9. The number of carbonyl (C=O) groups excluding carboxylic acids is 1. The summed E-state index contributed by atoms with van der Waals surface area (Å²) in [5.41, 5.74) is -0.263. The van der Waals surface area contributed by atoms with E-state index in [1.165, 1.54) is 0 Å². The second-order valence-corrected chi connectivity index (χ2v) is 4.33. The molecule has 0 aliphatic carbocycles. The molecular weight excluding hydrogens is 274 g/mol. The summed E-state index contributed by atoms with van der Waals surface area (Å²) in [4.78, 5) is 23.2. The summed E-state index contributed by atoms with van der Waals surface area (Å²) in [5.74, 6) is -3.35. The van der Waals surface area contributed by atoms with Gasteiger partial charge in [-0.05, 0) is 17.7 Å². The summed E-state index contributed by atoms with van der Waals surface area (Å²) in [6.45, 7) is 0.174. The quantitative estimate of drug-likeness (QED) is 0.641. The Balaban J connectivity index is 2.27. The number of benzene rings is 2. The van der Waals surface area contributed by atoms with Gasteiger partial charge in [0, 0.05) is 6.54 Å². The van der Waals surface area contributed by atoms with Gasteiger partial charge in [-0.15, -0.1) is 0 Å². The van der Waals surface area contributed by atoms with E-state index in [1.807, 2.05) is 6.07 Å². The number of carbonyl (C=O) groups is 2. The number of phenolic OH excluding ortho intramolecular Hbond substituents is 1. The average molecular weight is 287 g/mol. The van der Waals surface area contributed by atoms with Gasteiger partial charge in [0.2, 0.25) is 0 Å². The number of phenols is 2. The van der Waals surface area contributed by atoms with E-state index >= 15 is 0 Å². The van der Waals surface area contributed by atoms with E-state index < -0.39 is 34.5 Å². The standard InChI is InChI=1S/C15H13NO5/c17-10-6-7-11(18)13(15(20)21)12(10)14(19)16-8-9-4-2-1-3-5-9/h1-7,17-18H,8H2,(H,16,19)(H,20,21). The summed E-state index contributed by atoms with van der Waals surface area (Å²) in [5, 5.41) is 30.8. The van der Waals surface area contributed by atoms with Gasteiger partial charge in [-0.25, -0.2) is 4.79 Å². The lowest BCUT2D eigenvalue weighted by Gasteiger charge is -2.11. The Morgan fingerprint density at radius 1 is 0.905 bits per heavy atom. The van der Waals surface area contributed by atoms with Crippen LogP contribution in [0.25, 0.3) is 0 Å². The zero-order valence-corrected chi connectivity index (χ0v) is 10.9. The lowest BCUT2D eigenvalue weighted by molar-refractivity contribution is 0.0686. The number of rotatable bonds is 4. The first kappa shape index (κ1) is 14.4. The molecule has 2 rings (SSSR count). The second-order valence-electron chi connectivity index (χ2n) is 4.33. The van der Waals surface area contributed by atoms with Gasteiger partial charge in [0.1, 0.15) is 17.1 Å². The zero-order chi connectivity index (χ0) is 15.4. The smallest absolute Gasteiger partial charge is 0.340 e. The lowest BCUT2D eigenvalue weighted by Crippen LogP contribution is -2.25. The summed E-state index contributed by atoms with van der Waals surface area (Å²) in [6, 6.07) is 11.1. The fourth-order valence-electron chi connectivity index (χ4n) is 1.89. The molecule has 2 aromatic rings. The van der Waals surface area contributed by atoms with E-state index in [-0.39, 0.29) is 6.54 Å². The molecule has 0 atom stereocenters. The molecule has 1 amide bonds. The Kier molecular flexibility index (Phi) is 4.08. The van der Waals surface area contributed by atoms with Gasteiger partial charge in [0.15, 0.2) is 0 Å². The minimum absolute atomic E-state index is 0.174.